The molecule has 140 valence electrons. The van der Waals surface area contributed by atoms with E-state index in [9.17, 15) is 0 Å². The Morgan fingerprint density at radius 2 is 0.897 bits per heavy atom. The molecule has 5 rings (SSSR count). The van der Waals surface area contributed by atoms with Crippen molar-refractivity contribution >= 4 is 21.5 Å². The van der Waals surface area contributed by atoms with Crippen LogP contribution in [0.25, 0.3) is 21.5 Å². The summed E-state index contributed by atoms with van der Waals surface area (Å²) >= 11 is 0. The van der Waals surface area contributed by atoms with E-state index in [4.69, 9.17) is 0 Å². The topological polar surface area (TPSA) is 0 Å². The van der Waals surface area contributed by atoms with E-state index in [-0.39, 0.29) is 5.92 Å². The zero-order valence-electron chi connectivity index (χ0n) is 16.9. The first-order valence-electron chi connectivity index (χ1n) is 10.3. The molecule has 0 nitrogen and oxygen atoms in total. The standard InChI is InChI=1S/C29H24/c1-20-25-14-8-6-10-22(25)16-18-27(20)29(24-12-4-3-5-13-24)28-19-17-23-11-7-9-15-26(23)21(28)2/h3-19,29H,1-2H3. The number of hydrogen-bond donors (Lipinski definition) is 0. The minimum Gasteiger partial charge on any atom is -0.0622 e. The summed E-state index contributed by atoms with van der Waals surface area (Å²) < 4.78 is 0. The third kappa shape index (κ3) is 3.02. The molecular formula is C29H24. The van der Waals surface area contributed by atoms with Crippen molar-refractivity contribution < 1.29 is 0 Å². The van der Waals surface area contributed by atoms with Gasteiger partial charge in [0.1, 0.15) is 0 Å². The lowest BCUT2D eigenvalue weighted by Gasteiger charge is -2.24. The molecule has 5 aromatic carbocycles. The highest BCUT2D eigenvalue weighted by molar-refractivity contribution is 5.89. The Bertz CT molecular complexity index is 1230. The molecule has 29 heavy (non-hydrogen) atoms. The van der Waals surface area contributed by atoms with E-state index in [1.54, 1.807) is 0 Å². The van der Waals surface area contributed by atoms with Crippen LogP contribution in [0, 0.1) is 13.8 Å². The molecule has 0 radical (unpaired) electrons. The van der Waals surface area contributed by atoms with Crippen LogP contribution in [-0.2, 0) is 0 Å². The van der Waals surface area contributed by atoms with Crippen molar-refractivity contribution in [1.29, 1.82) is 0 Å². The Morgan fingerprint density at radius 1 is 0.448 bits per heavy atom. The average Bonchev–Trinajstić information content (AvgIpc) is 2.78. The smallest absolute Gasteiger partial charge is 0.0345 e. The number of aryl methyl sites for hydroxylation is 2. The lowest BCUT2D eigenvalue weighted by Crippen LogP contribution is -2.07. The Hall–Kier alpha value is -3.38. The van der Waals surface area contributed by atoms with E-state index in [1.807, 2.05) is 0 Å². The number of rotatable bonds is 3. The van der Waals surface area contributed by atoms with Crippen molar-refractivity contribution in [2.45, 2.75) is 19.8 Å². The maximum absolute atomic E-state index is 2.32. The minimum absolute atomic E-state index is 0.213. The van der Waals surface area contributed by atoms with Crippen LogP contribution in [0.5, 0.6) is 0 Å². The Kier molecular flexibility index (Phi) is 4.41. The highest BCUT2D eigenvalue weighted by Crippen LogP contribution is 2.39. The maximum atomic E-state index is 2.32. The van der Waals surface area contributed by atoms with Gasteiger partial charge in [0.15, 0.2) is 0 Å². The first-order chi connectivity index (χ1) is 14.2. The average molecular weight is 373 g/mol. The molecule has 0 aliphatic heterocycles. The van der Waals surface area contributed by atoms with Crippen molar-refractivity contribution in [2.24, 2.45) is 0 Å². The van der Waals surface area contributed by atoms with Crippen LogP contribution in [0.3, 0.4) is 0 Å². The number of hydrogen-bond acceptors (Lipinski definition) is 0. The molecule has 0 aromatic heterocycles. The van der Waals surface area contributed by atoms with E-state index in [0.29, 0.717) is 0 Å². The van der Waals surface area contributed by atoms with E-state index in [1.165, 1.54) is 49.4 Å². The molecule has 0 bridgehead atoms. The highest BCUT2D eigenvalue weighted by Gasteiger charge is 2.22. The van der Waals surface area contributed by atoms with E-state index in [2.05, 4.69) is 117 Å². The van der Waals surface area contributed by atoms with Crippen LogP contribution in [0.15, 0.2) is 103 Å². The van der Waals surface area contributed by atoms with Gasteiger partial charge >= 0.3 is 0 Å². The molecule has 0 aliphatic carbocycles. The van der Waals surface area contributed by atoms with Gasteiger partial charge in [0.2, 0.25) is 0 Å². The van der Waals surface area contributed by atoms with E-state index >= 15 is 0 Å². The lowest BCUT2D eigenvalue weighted by atomic mass is 9.79. The van der Waals surface area contributed by atoms with Crippen molar-refractivity contribution in [3.05, 3.63) is 131 Å². The van der Waals surface area contributed by atoms with Gasteiger partial charge in [-0.1, -0.05) is 103 Å². The number of fused-ring (bicyclic) bond motifs is 2. The third-order valence-corrected chi connectivity index (χ3v) is 6.24. The first kappa shape index (κ1) is 17.7. The van der Waals surface area contributed by atoms with Crippen LogP contribution in [-0.4, -0.2) is 0 Å². The SMILES string of the molecule is Cc1c(C(c2ccccc2)c2ccc3ccccc3c2C)ccc2ccccc12. The number of benzene rings is 5. The Balaban J connectivity index is 1.81. The second-order valence-electron chi connectivity index (χ2n) is 7.85. The Morgan fingerprint density at radius 3 is 1.41 bits per heavy atom. The van der Waals surface area contributed by atoms with Gasteiger partial charge in [-0.05, 0) is 63.2 Å². The van der Waals surface area contributed by atoms with E-state index in [0.717, 1.165) is 0 Å². The first-order valence-corrected chi connectivity index (χ1v) is 10.3. The van der Waals surface area contributed by atoms with Crippen molar-refractivity contribution in [3.63, 3.8) is 0 Å². The quantitative estimate of drug-likeness (QED) is 0.284. The molecule has 0 fully saturated rings. The van der Waals surface area contributed by atoms with Crippen LogP contribution in [0.4, 0.5) is 0 Å². The third-order valence-electron chi connectivity index (χ3n) is 6.24. The highest BCUT2D eigenvalue weighted by atomic mass is 14.2. The largest absolute Gasteiger partial charge is 0.0622 e. The molecular weight excluding hydrogens is 348 g/mol. The van der Waals surface area contributed by atoms with E-state index < -0.39 is 0 Å². The molecule has 5 aromatic rings. The van der Waals surface area contributed by atoms with Crippen LogP contribution in [0.2, 0.25) is 0 Å². The molecule has 0 saturated heterocycles. The normalized spacial score (nSPS) is 11.4. The van der Waals surface area contributed by atoms with Gasteiger partial charge in [0, 0.05) is 5.92 Å². The van der Waals surface area contributed by atoms with Gasteiger partial charge < -0.3 is 0 Å². The molecule has 0 heterocycles. The molecule has 0 unspecified atom stereocenters. The Labute approximate surface area is 172 Å². The van der Waals surface area contributed by atoms with Gasteiger partial charge in [-0.3, -0.25) is 0 Å². The fourth-order valence-corrected chi connectivity index (χ4v) is 4.69. The van der Waals surface area contributed by atoms with Gasteiger partial charge in [0.25, 0.3) is 0 Å². The fourth-order valence-electron chi connectivity index (χ4n) is 4.69. The summed E-state index contributed by atoms with van der Waals surface area (Å²) in [6, 6.07) is 37.5. The predicted molar refractivity (Wildman–Crippen MR) is 125 cm³/mol. The van der Waals surface area contributed by atoms with Crippen molar-refractivity contribution in [3.8, 4) is 0 Å². The second-order valence-corrected chi connectivity index (χ2v) is 7.85. The fraction of sp³-hybridized carbons (Fsp3) is 0.103. The molecule has 0 heteroatoms. The minimum atomic E-state index is 0.213. The van der Waals surface area contributed by atoms with Crippen LogP contribution >= 0.6 is 0 Å². The molecule has 0 saturated carbocycles. The molecule has 0 amide bonds. The summed E-state index contributed by atoms with van der Waals surface area (Å²) in [6.07, 6.45) is 0. The van der Waals surface area contributed by atoms with Crippen molar-refractivity contribution in [1.82, 2.24) is 0 Å². The zero-order chi connectivity index (χ0) is 19.8. The summed E-state index contributed by atoms with van der Waals surface area (Å²) in [5.74, 6) is 0.213. The summed E-state index contributed by atoms with van der Waals surface area (Å²) in [6.45, 7) is 4.54. The molecule has 0 spiro atoms. The molecule has 0 atom stereocenters. The van der Waals surface area contributed by atoms with Crippen LogP contribution < -0.4 is 0 Å². The predicted octanol–water partition coefficient (Wildman–Crippen LogP) is 7.79. The summed E-state index contributed by atoms with van der Waals surface area (Å²) in [5, 5.41) is 5.28. The second kappa shape index (κ2) is 7.22. The summed E-state index contributed by atoms with van der Waals surface area (Å²) in [7, 11) is 0. The zero-order valence-corrected chi connectivity index (χ0v) is 16.9. The monoisotopic (exact) mass is 372 g/mol. The molecule has 0 N–H and O–H groups in total. The lowest BCUT2D eigenvalue weighted by molar-refractivity contribution is 0.957. The van der Waals surface area contributed by atoms with Crippen LogP contribution in [0.1, 0.15) is 33.7 Å². The van der Waals surface area contributed by atoms with Gasteiger partial charge in [-0.2, -0.15) is 0 Å². The molecule has 0 aliphatic rings. The summed E-state index contributed by atoms with van der Waals surface area (Å²) in [4.78, 5) is 0. The summed E-state index contributed by atoms with van der Waals surface area (Å²) in [5.41, 5.74) is 6.83. The maximum Gasteiger partial charge on any atom is 0.0345 e. The van der Waals surface area contributed by atoms with Gasteiger partial charge in [0.05, 0.1) is 0 Å². The van der Waals surface area contributed by atoms with Gasteiger partial charge in [-0.25, -0.2) is 0 Å². The van der Waals surface area contributed by atoms with Gasteiger partial charge in [-0.15, -0.1) is 0 Å². The van der Waals surface area contributed by atoms with Crippen molar-refractivity contribution in [2.75, 3.05) is 0 Å².